The number of amides is 1. The highest BCUT2D eigenvalue weighted by molar-refractivity contribution is 5.93. The van der Waals surface area contributed by atoms with E-state index < -0.39 is 0 Å². The van der Waals surface area contributed by atoms with Crippen LogP contribution in [0.2, 0.25) is 0 Å². The number of primary amides is 1. The first-order chi connectivity index (χ1) is 10.0. The Labute approximate surface area is 124 Å². The number of rotatable bonds is 3. The molecule has 1 heterocycles. The van der Waals surface area contributed by atoms with Crippen molar-refractivity contribution in [3.8, 4) is 0 Å². The van der Waals surface area contributed by atoms with Gasteiger partial charge in [-0.05, 0) is 60.2 Å². The lowest BCUT2D eigenvalue weighted by molar-refractivity contribution is 0.1000. The fourth-order valence-corrected chi connectivity index (χ4v) is 2.64. The van der Waals surface area contributed by atoms with Gasteiger partial charge in [0.05, 0.1) is 0 Å². The van der Waals surface area contributed by atoms with Gasteiger partial charge in [-0.2, -0.15) is 0 Å². The fourth-order valence-electron chi connectivity index (χ4n) is 2.64. The minimum Gasteiger partial charge on any atom is -0.366 e. The molecule has 3 rings (SSSR count). The molecule has 0 unspecified atom stereocenters. The third-order valence-electron chi connectivity index (χ3n) is 3.90. The van der Waals surface area contributed by atoms with Crippen molar-refractivity contribution in [3.63, 3.8) is 0 Å². The van der Waals surface area contributed by atoms with E-state index in [2.05, 4.69) is 42.0 Å². The molecule has 0 aliphatic rings. The Balaban J connectivity index is 1.99. The van der Waals surface area contributed by atoms with Crippen molar-refractivity contribution in [2.75, 3.05) is 0 Å². The lowest BCUT2D eigenvalue weighted by Gasteiger charge is -2.10. The molecule has 2 aromatic carbocycles. The number of benzene rings is 2. The van der Waals surface area contributed by atoms with Gasteiger partial charge in [-0.25, -0.2) is 0 Å². The van der Waals surface area contributed by atoms with Gasteiger partial charge >= 0.3 is 0 Å². The number of hydrogen-bond acceptors (Lipinski definition) is 1. The van der Waals surface area contributed by atoms with E-state index in [-0.39, 0.29) is 5.91 Å². The lowest BCUT2D eigenvalue weighted by atomic mass is 10.0. The topological polar surface area (TPSA) is 48.0 Å². The van der Waals surface area contributed by atoms with Gasteiger partial charge in [-0.15, -0.1) is 0 Å². The highest BCUT2D eigenvalue weighted by atomic mass is 16.1. The summed E-state index contributed by atoms with van der Waals surface area (Å²) in [5.74, 6) is -0.383. The SMILES string of the molecule is Cc1ccc2ccn(Cc3ccc(C(N)=O)cc3C)c2c1. The van der Waals surface area contributed by atoms with E-state index in [4.69, 9.17) is 5.73 Å². The van der Waals surface area contributed by atoms with Crippen LogP contribution in [0.1, 0.15) is 27.0 Å². The zero-order valence-corrected chi connectivity index (χ0v) is 12.3. The highest BCUT2D eigenvalue weighted by Gasteiger charge is 2.07. The van der Waals surface area contributed by atoms with Crippen molar-refractivity contribution in [2.45, 2.75) is 20.4 Å². The Hall–Kier alpha value is -2.55. The molecule has 0 saturated carbocycles. The Morgan fingerprint density at radius 1 is 1.10 bits per heavy atom. The third kappa shape index (κ3) is 2.55. The Kier molecular flexibility index (Phi) is 3.26. The molecule has 3 heteroatoms. The maximum absolute atomic E-state index is 11.2. The quantitative estimate of drug-likeness (QED) is 0.784. The summed E-state index contributed by atoms with van der Waals surface area (Å²) in [5, 5.41) is 1.24. The van der Waals surface area contributed by atoms with Crippen LogP contribution in [0.4, 0.5) is 0 Å². The molecule has 1 aromatic heterocycles. The summed E-state index contributed by atoms with van der Waals surface area (Å²) >= 11 is 0. The van der Waals surface area contributed by atoms with Gasteiger partial charge in [0.25, 0.3) is 0 Å². The predicted molar refractivity (Wildman–Crippen MR) is 85.5 cm³/mol. The second kappa shape index (κ2) is 5.09. The van der Waals surface area contributed by atoms with Crippen LogP contribution >= 0.6 is 0 Å². The molecule has 0 radical (unpaired) electrons. The van der Waals surface area contributed by atoms with Crippen LogP contribution in [-0.2, 0) is 6.54 Å². The van der Waals surface area contributed by atoms with Crippen LogP contribution in [0.5, 0.6) is 0 Å². The average Bonchev–Trinajstić information content (AvgIpc) is 2.83. The molecule has 106 valence electrons. The molecular weight excluding hydrogens is 260 g/mol. The number of nitrogens with two attached hydrogens (primary N) is 1. The molecule has 0 fully saturated rings. The molecular formula is C18H18N2O. The maximum Gasteiger partial charge on any atom is 0.248 e. The number of carbonyl (C=O) groups excluding carboxylic acids is 1. The van der Waals surface area contributed by atoms with Gasteiger partial charge in [0.15, 0.2) is 0 Å². The molecule has 0 saturated heterocycles. The zero-order chi connectivity index (χ0) is 15.0. The number of hydrogen-bond donors (Lipinski definition) is 1. The molecule has 2 N–H and O–H groups in total. The van der Waals surface area contributed by atoms with Gasteiger partial charge < -0.3 is 10.3 Å². The number of fused-ring (bicyclic) bond motifs is 1. The van der Waals surface area contributed by atoms with Gasteiger partial charge in [-0.1, -0.05) is 18.2 Å². The van der Waals surface area contributed by atoms with E-state index in [9.17, 15) is 4.79 Å². The molecule has 21 heavy (non-hydrogen) atoms. The van der Waals surface area contributed by atoms with E-state index in [1.165, 1.54) is 22.0 Å². The molecule has 0 aliphatic heterocycles. The van der Waals surface area contributed by atoms with Crippen molar-refractivity contribution in [3.05, 3.63) is 70.9 Å². The average molecular weight is 278 g/mol. The van der Waals surface area contributed by atoms with Crippen LogP contribution in [-0.4, -0.2) is 10.5 Å². The minimum absolute atomic E-state index is 0.383. The monoisotopic (exact) mass is 278 g/mol. The lowest BCUT2D eigenvalue weighted by Crippen LogP contribution is -2.11. The summed E-state index contributed by atoms with van der Waals surface area (Å²) in [4.78, 5) is 11.2. The molecule has 1 amide bonds. The van der Waals surface area contributed by atoms with Crippen LogP contribution in [0.25, 0.3) is 10.9 Å². The zero-order valence-electron chi connectivity index (χ0n) is 12.3. The van der Waals surface area contributed by atoms with Crippen molar-refractivity contribution in [2.24, 2.45) is 5.73 Å². The summed E-state index contributed by atoms with van der Waals surface area (Å²) in [6.45, 7) is 4.90. The molecule has 0 aliphatic carbocycles. The van der Waals surface area contributed by atoms with Crippen LogP contribution < -0.4 is 5.73 Å². The highest BCUT2D eigenvalue weighted by Crippen LogP contribution is 2.20. The van der Waals surface area contributed by atoms with Gasteiger partial charge in [0, 0.05) is 23.8 Å². The van der Waals surface area contributed by atoms with Gasteiger partial charge in [0.1, 0.15) is 0 Å². The number of aromatic nitrogens is 1. The second-order valence-electron chi connectivity index (χ2n) is 5.51. The summed E-state index contributed by atoms with van der Waals surface area (Å²) in [6.07, 6.45) is 2.10. The van der Waals surface area contributed by atoms with Gasteiger partial charge in [-0.3, -0.25) is 4.79 Å². The van der Waals surface area contributed by atoms with Crippen molar-refractivity contribution >= 4 is 16.8 Å². The van der Waals surface area contributed by atoms with Gasteiger partial charge in [0.2, 0.25) is 5.91 Å². The van der Waals surface area contributed by atoms with Crippen LogP contribution in [0, 0.1) is 13.8 Å². The largest absolute Gasteiger partial charge is 0.366 e. The first-order valence-corrected chi connectivity index (χ1v) is 6.99. The Bertz CT molecular complexity index is 830. The molecule has 3 nitrogen and oxygen atoms in total. The summed E-state index contributed by atoms with van der Waals surface area (Å²) in [7, 11) is 0. The summed E-state index contributed by atoms with van der Waals surface area (Å²) in [5.41, 5.74) is 10.6. The van der Waals surface area contributed by atoms with E-state index in [0.717, 1.165) is 12.1 Å². The predicted octanol–water partition coefficient (Wildman–Crippen LogP) is 3.41. The number of nitrogens with zero attached hydrogens (tertiary/aromatic N) is 1. The molecule has 0 atom stereocenters. The number of aryl methyl sites for hydroxylation is 2. The normalized spacial score (nSPS) is 11.0. The van der Waals surface area contributed by atoms with Crippen molar-refractivity contribution in [1.82, 2.24) is 4.57 Å². The molecule has 0 bridgehead atoms. The standard InChI is InChI=1S/C18H18N2O/c1-12-3-4-14-7-8-20(17(14)9-12)11-16-6-5-15(18(19)21)10-13(16)2/h3-10H,11H2,1-2H3,(H2,19,21). The van der Waals surface area contributed by atoms with E-state index >= 15 is 0 Å². The summed E-state index contributed by atoms with van der Waals surface area (Å²) < 4.78 is 2.23. The maximum atomic E-state index is 11.2. The fraction of sp³-hybridized carbons (Fsp3) is 0.167. The Morgan fingerprint density at radius 2 is 1.90 bits per heavy atom. The number of carbonyl (C=O) groups is 1. The Morgan fingerprint density at radius 3 is 2.62 bits per heavy atom. The van der Waals surface area contributed by atoms with E-state index in [0.29, 0.717) is 5.56 Å². The van der Waals surface area contributed by atoms with Crippen molar-refractivity contribution in [1.29, 1.82) is 0 Å². The van der Waals surface area contributed by atoms with Crippen molar-refractivity contribution < 1.29 is 4.79 Å². The molecule has 0 spiro atoms. The third-order valence-corrected chi connectivity index (χ3v) is 3.90. The van der Waals surface area contributed by atoms with Crippen LogP contribution in [0.3, 0.4) is 0 Å². The first kappa shape index (κ1) is 13.4. The minimum atomic E-state index is -0.383. The second-order valence-corrected chi connectivity index (χ2v) is 5.51. The summed E-state index contributed by atoms with van der Waals surface area (Å²) in [6, 6.07) is 14.2. The van der Waals surface area contributed by atoms with Crippen LogP contribution in [0.15, 0.2) is 48.7 Å². The van der Waals surface area contributed by atoms with E-state index in [1.54, 1.807) is 6.07 Å². The smallest absolute Gasteiger partial charge is 0.248 e. The van der Waals surface area contributed by atoms with E-state index in [1.807, 2.05) is 19.1 Å². The molecule has 3 aromatic rings. The first-order valence-electron chi connectivity index (χ1n) is 6.99.